The molecule has 2 atom stereocenters. The van der Waals surface area contributed by atoms with Gasteiger partial charge in [0.15, 0.2) is 0 Å². The zero-order chi connectivity index (χ0) is 13.6. The maximum atomic E-state index is 13.3. The van der Waals surface area contributed by atoms with Gasteiger partial charge in [-0.05, 0) is 24.0 Å². The molecule has 1 aliphatic carbocycles. The average molecular weight is 260 g/mol. The first kappa shape index (κ1) is 12.3. The summed E-state index contributed by atoms with van der Waals surface area (Å²) >= 11 is 0. The fourth-order valence-electron chi connectivity index (χ4n) is 3.17. The number of hydrazone groups is 1. The third-order valence-electron chi connectivity index (χ3n) is 3.94. The van der Waals surface area contributed by atoms with Crippen molar-refractivity contribution in [3.8, 4) is 0 Å². The maximum absolute atomic E-state index is 13.3. The minimum absolute atomic E-state index is 0.0121. The summed E-state index contributed by atoms with van der Waals surface area (Å²) in [5.74, 6) is -0.323. The van der Waals surface area contributed by atoms with Gasteiger partial charge in [-0.15, -0.1) is 0 Å². The van der Waals surface area contributed by atoms with E-state index in [4.69, 9.17) is 0 Å². The van der Waals surface area contributed by atoms with E-state index in [9.17, 15) is 9.18 Å². The number of ketones is 1. The molecule has 0 radical (unpaired) electrons. The fraction of sp³-hybridized carbons (Fsp3) is 0.467. The molecule has 2 aliphatic rings. The Morgan fingerprint density at radius 1 is 1.42 bits per heavy atom. The van der Waals surface area contributed by atoms with Gasteiger partial charge in [0.1, 0.15) is 11.6 Å². The van der Waals surface area contributed by atoms with Crippen molar-refractivity contribution in [3.63, 3.8) is 0 Å². The molecule has 0 bridgehead atoms. The van der Waals surface area contributed by atoms with E-state index >= 15 is 0 Å². The molecule has 1 saturated carbocycles. The van der Waals surface area contributed by atoms with Gasteiger partial charge in [-0.1, -0.05) is 26.0 Å². The second-order valence-electron chi connectivity index (χ2n) is 6.23. The van der Waals surface area contributed by atoms with E-state index in [-0.39, 0.29) is 29.0 Å². The predicted molar refractivity (Wildman–Crippen MR) is 71.4 cm³/mol. The number of benzene rings is 1. The van der Waals surface area contributed by atoms with Crippen LogP contribution in [0, 0.1) is 17.2 Å². The number of carbonyl (C=O) groups excluding carboxylic acids is 1. The van der Waals surface area contributed by atoms with E-state index in [2.05, 4.69) is 24.4 Å². The number of Topliss-reactive ketones (excluding diaryl/α,β-unsaturated/α-hetero) is 1. The Balaban J connectivity index is 1.93. The highest BCUT2D eigenvalue weighted by molar-refractivity contribution is 6.15. The second-order valence-corrected chi connectivity index (χ2v) is 6.23. The topological polar surface area (TPSA) is 41.5 Å². The molecule has 0 aromatic heterocycles. The summed E-state index contributed by atoms with van der Waals surface area (Å²) in [6, 6.07) is 6.34. The molecule has 0 saturated heterocycles. The molecule has 0 unspecified atom stereocenters. The lowest BCUT2D eigenvalue weighted by atomic mass is 9.68. The Hall–Kier alpha value is -1.71. The number of hydrogen-bond acceptors (Lipinski definition) is 3. The van der Waals surface area contributed by atoms with E-state index in [1.54, 1.807) is 12.1 Å². The first-order valence-corrected chi connectivity index (χ1v) is 6.58. The van der Waals surface area contributed by atoms with Crippen LogP contribution in [-0.4, -0.2) is 17.5 Å². The van der Waals surface area contributed by atoms with Crippen LogP contribution in [0.15, 0.2) is 29.4 Å². The van der Waals surface area contributed by atoms with E-state index in [0.717, 1.165) is 6.42 Å². The van der Waals surface area contributed by atoms with Crippen molar-refractivity contribution < 1.29 is 9.18 Å². The molecule has 3 rings (SSSR count). The zero-order valence-corrected chi connectivity index (χ0v) is 11.1. The number of carbonyl (C=O) groups is 1. The SMILES string of the molecule is CC1(C)CC(=O)[C@H]2C(c3cccc(F)c3)=NN[C@@H]2C1. The summed E-state index contributed by atoms with van der Waals surface area (Å²) in [4.78, 5) is 12.3. The number of halogens is 1. The third-order valence-corrected chi connectivity index (χ3v) is 3.94. The second kappa shape index (κ2) is 4.15. The summed E-state index contributed by atoms with van der Waals surface area (Å²) < 4.78 is 13.3. The van der Waals surface area contributed by atoms with Crippen LogP contribution >= 0.6 is 0 Å². The van der Waals surface area contributed by atoms with E-state index in [1.807, 2.05) is 0 Å². The highest BCUT2D eigenvalue weighted by Gasteiger charge is 2.46. The molecule has 0 spiro atoms. The maximum Gasteiger partial charge on any atom is 0.144 e. The molecule has 3 nitrogen and oxygen atoms in total. The number of nitrogens with zero attached hydrogens (tertiary/aromatic N) is 1. The molecule has 0 amide bonds. The van der Waals surface area contributed by atoms with Crippen LogP contribution < -0.4 is 5.43 Å². The van der Waals surface area contributed by atoms with E-state index in [1.165, 1.54) is 12.1 Å². The van der Waals surface area contributed by atoms with Gasteiger partial charge in [0.25, 0.3) is 0 Å². The normalized spacial score (nSPS) is 28.6. The molecule has 4 heteroatoms. The first-order valence-electron chi connectivity index (χ1n) is 6.58. The van der Waals surface area contributed by atoms with Crippen molar-refractivity contribution in [1.29, 1.82) is 0 Å². The van der Waals surface area contributed by atoms with Crippen LogP contribution in [0.1, 0.15) is 32.3 Å². The molecule has 1 aromatic rings. The Labute approximate surface area is 111 Å². The molecule has 1 N–H and O–H groups in total. The Morgan fingerprint density at radius 3 is 2.95 bits per heavy atom. The van der Waals surface area contributed by atoms with Gasteiger partial charge >= 0.3 is 0 Å². The lowest BCUT2D eigenvalue weighted by Gasteiger charge is -2.36. The molecule has 1 fully saturated rings. The molecule has 1 aliphatic heterocycles. The highest BCUT2D eigenvalue weighted by atomic mass is 19.1. The lowest BCUT2D eigenvalue weighted by molar-refractivity contribution is -0.126. The van der Waals surface area contributed by atoms with Crippen LogP contribution in [0.2, 0.25) is 0 Å². The van der Waals surface area contributed by atoms with E-state index < -0.39 is 0 Å². The number of fused-ring (bicyclic) bond motifs is 1. The third kappa shape index (κ3) is 2.15. The lowest BCUT2D eigenvalue weighted by Crippen LogP contribution is -2.45. The molecule has 1 heterocycles. The van der Waals surface area contributed by atoms with Crippen molar-refractivity contribution >= 4 is 11.5 Å². The number of nitrogens with one attached hydrogen (secondary N) is 1. The molecule has 1 aromatic carbocycles. The van der Waals surface area contributed by atoms with Crippen LogP contribution in [-0.2, 0) is 4.79 Å². The summed E-state index contributed by atoms with van der Waals surface area (Å²) in [6.45, 7) is 4.20. The first-order chi connectivity index (χ1) is 8.96. The van der Waals surface area contributed by atoms with Gasteiger partial charge in [0, 0.05) is 12.0 Å². The van der Waals surface area contributed by atoms with Gasteiger partial charge in [-0.3, -0.25) is 4.79 Å². The monoisotopic (exact) mass is 260 g/mol. The summed E-state index contributed by atoms with van der Waals surface area (Å²) in [5, 5.41) is 4.29. The van der Waals surface area contributed by atoms with Crippen LogP contribution in [0.4, 0.5) is 4.39 Å². The van der Waals surface area contributed by atoms with Crippen LogP contribution in [0.3, 0.4) is 0 Å². The molecule has 100 valence electrons. The van der Waals surface area contributed by atoms with Gasteiger partial charge in [0.05, 0.1) is 17.7 Å². The summed E-state index contributed by atoms with van der Waals surface area (Å²) in [6.07, 6.45) is 1.47. The van der Waals surface area contributed by atoms with Gasteiger partial charge in [-0.25, -0.2) is 4.39 Å². The quantitative estimate of drug-likeness (QED) is 0.843. The van der Waals surface area contributed by atoms with Crippen molar-refractivity contribution in [1.82, 2.24) is 5.43 Å². The average Bonchev–Trinajstić information content (AvgIpc) is 2.71. The van der Waals surface area contributed by atoms with Crippen molar-refractivity contribution in [2.75, 3.05) is 0 Å². The zero-order valence-electron chi connectivity index (χ0n) is 11.1. The van der Waals surface area contributed by atoms with E-state index in [0.29, 0.717) is 17.7 Å². The standard InChI is InChI=1S/C15H17FN2O/c1-15(2)7-11-13(12(19)8-15)14(18-17-11)9-4-3-5-10(16)6-9/h3-6,11,13,17H,7-8H2,1-2H3/t11-,13+/m1/s1. The Morgan fingerprint density at radius 2 is 2.21 bits per heavy atom. The Bertz CT molecular complexity index is 565. The Kier molecular flexibility index (Phi) is 2.69. The predicted octanol–water partition coefficient (Wildman–Crippen LogP) is 2.51. The minimum Gasteiger partial charge on any atom is -0.306 e. The summed E-state index contributed by atoms with van der Waals surface area (Å²) in [7, 11) is 0. The largest absolute Gasteiger partial charge is 0.306 e. The minimum atomic E-state index is -0.299. The smallest absolute Gasteiger partial charge is 0.144 e. The summed E-state index contributed by atoms with van der Waals surface area (Å²) in [5.41, 5.74) is 4.46. The highest BCUT2D eigenvalue weighted by Crippen LogP contribution is 2.39. The number of rotatable bonds is 1. The van der Waals surface area contributed by atoms with Gasteiger partial charge in [0.2, 0.25) is 0 Å². The van der Waals surface area contributed by atoms with Crippen molar-refractivity contribution in [3.05, 3.63) is 35.6 Å². The van der Waals surface area contributed by atoms with Crippen molar-refractivity contribution in [2.45, 2.75) is 32.7 Å². The fourth-order valence-corrected chi connectivity index (χ4v) is 3.17. The van der Waals surface area contributed by atoms with Crippen molar-refractivity contribution in [2.24, 2.45) is 16.4 Å². The molecule has 19 heavy (non-hydrogen) atoms. The molecular formula is C15H17FN2O. The van der Waals surface area contributed by atoms with Gasteiger partial charge in [-0.2, -0.15) is 5.10 Å². The molecular weight excluding hydrogens is 243 g/mol. The number of hydrogen-bond donors (Lipinski definition) is 1. The van der Waals surface area contributed by atoms with Gasteiger partial charge < -0.3 is 5.43 Å². The van der Waals surface area contributed by atoms with Crippen LogP contribution in [0.5, 0.6) is 0 Å². The van der Waals surface area contributed by atoms with Crippen LogP contribution in [0.25, 0.3) is 0 Å².